The Labute approximate surface area is 297 Å². The Kier molecular flexibility index (Phi) is 14.2. The number of hydrogen-bond acceptors (Lipinski definition) is 0. The van der Waals surface area contributed by atoms with Crippen molar-refractivity contribution in [2.45, 2.75) is 125 Å². The predicted octanol–water partition coefficient (Wildman–Crippen LogP) is 5.49. The van der Waals surface area contributed by atoms with Crippen LogP contribution in [-0.4, -0.2) is 3.21 Å². The second-order valence-electron chi connectivity index (χ2n) is 14.6. The molecule has 4 aliphatic carbocycles. The largest absolute Gasteiger partial charge is 1.00 e. The van der Waals surface area contributed by atoms with Gasteiger partial charge in [-0.25, -0.2) is 12.2 Å². The van der Waals surface area contributed by atoms with Gasteiger partial charge in [0.1, 0.15) is 0 Å². The van der Waals surface area contributed by atoms with Crippen LogP contribution in [0.15, 0.2) is 48.1 Å². The van der Waals surface area contributed by atoms with Crippen LogP contribution in [0.4, 0.5) is 0 Å². The fraction of sp³-hybridized carbons (Fsp3) is 0.488. The van der Waals surface area contributed by atoms with Gasteiger partial charge in [0.15, 0.2) is 0 Å². The molecule has 0 bridgehead atoms. The molecule has 3 heteroatoms. The number of unbranched alkanes of at least 4 members (excludes halogenated alkanes) is 2. The number of rotatable bonds is 6. The zero-order valence-corrected chi connectivity index (χ0v) is 32.6. The minimum Gasteiger partial charge on any atom is -1.00 e. The summed E-state index contributed by atoms with van der Waals surface area (Å²) in [5.41, 5.74) is 13.4. The molecule has 2 aromatic carbocycles. The molecule has 44 heavy (non-hydrogen) atoms. The van der Waals surface area contributed by atoms with Crippen LogP contribution in [-0.2, 0) is 41.5 Å². The normalized spacial score (nSPS) is 16.7. The number of allylic oxidation sites excluding steroid dienone is 6. The van der Waals surface area contributed by atoms with Gasteiger partial charge in [-0.3, -0.25) is 12.2 Å². The molecule has 0 N–H and O–H groups in total. The molecule has 0 spiro atoms. The van der Waals surface area contributed by atoms with Crippen LogP contribution in [0.1, 0.15) is 141 Å². The van der Waals surface area contributed by atoms with E-state index in [2.05, 4.69) is 129 Å². The fourth-order valence-corrected chi connectivity index (χ4v) is 7.10. The van der Waals surface area contributed by atoms with Gasteiger partial charge >= 0.3 is 79.8 Å². The summed E-state index contributed by atoms with van der Waals surface area (Å²) in [6.07, 6.45) is 28.2. The Morgan fingerprint density at radius 1 is 0.818 bits per heavy atom. The zero-order chi connectivity index (χ0) is 30.7. The van der Waals surface area contributed by atoms with Gasteiger partial charge in [-0.2, -0.15) is 17.2 Å². The van der Waals surface area contributed by atoms with Crippen molar-refractivity contribution in [1.29, 1.82) is 0 Å². The van der Waals surface area contributed by atoms with Crippen molar-refractivity contribution in [3.63, 3.8) is 0 Å². The van der Waals surface area contributed by atoms with Gasteiger partial charge in [-0.05, 0) is 45.9 Å². The average Bonchev–Trinajstić information content (AvgIpc) is 3.71. The van der Waals surface area contributed by atoms with Crippen molar-refractivity contribution in [3.8, 4) is 11.1 Å². The second kappa shape index (κ2) is 16.0. The Balaban J connectivity index is 0.000000271. The Hall–Kier alpha value is -1.27. The molecule has 0 aromatic heterocycles. The molecule has 0 heterocycles. The molecule has 0 saturated carbocycles. The van der Waals surface area contributed by atoms with Gasteiger partial charge in [0, 0.05) is 5.41 Å². The van der Waals surface area contributed by atoms with Crippen molar-refractivity contribution < 1.29 is 49.0 Å². The smallest absolute Gasteiger partial charge is 1.00 e. The van der Waals surface area contributed by atoms with Crippen LogP contribution in [0.25, 0.3) is 23.3 Å². The average molecular weight is 707 g/mol. The predicted molar refractivity (Wildman–Crippen MR) is 182 cm³/mol. The van der Waals surface area contributed by atoms with Gasteiger partial charge < -0.3 is 24.8 Å². The minimum absolute atomic E-state index is 0. The maximum Gasteiger partial charge on any atom is -1.00 e. The van der Waals surface area contributed by atoms with E-state index in [9.17, 15) is 0 Å². The van der Waals surface area contributed by atoms with Crippen LogP contribution >= 0.6 is 0 Å². The van der Waals surface area contributed by atoms with Crippen LogP contribution < -0.4 is 24.8 Å². The molecule has 0 unspecified atom stereocenters. The van der Waals surface area contributed by atoms with Crippen molar-refractivity contribution in [1.82, 2.24) is 0 Å². The summed E-state index contributed by atoms with van der Waals surface area (Å²) in [4.78, 5) is 0. The third kappa shape index (κ3) is 9.17. The molecule has 0 radical (unpaired) electrons. The van der Waals surface area contributed by atoms with Crippen molar-refractivity contribution in [2.75, 3.05) is 0 Å². The van der Waals surface area contributed by atoms with E-state index in [-0.39, 0.29) is 35.6 Å². The van der Waals surface area contributed by atoms with E-state index in [0.717, 1.165) is 12.8 Å². The minimum atomic E-state index is 0. The zero-order valence-electron chi connectivity index (χ0n) is 28.6. The number of benzene rings is 2. The van der Waals surface area contributed by atoms with E-state index in [1.54, 1.807) is 27.4 Å². The van der Waals surface area contributed by atoms with Crippen LogP contribution in [0.3, 0.4) is 0 Å². The maximum atomic E-state index is 3.50. The summed E-state index contributed by atoms with van der Waals surface area (Å²) in [6.45, 7) is 20.3. The van der Waals surface area contributed by atoms with Crippen molar-refractivity contribution >= 4 is 15.4 Å². The quantitative estimate of drug-likeness (QED) is 0.298. The van der Waals surface area contributed by atoms with E-state index in [1.165, 1.54) is 88.6 Å². The van der Waals surface area contributed by atoms with Gasteiger partial charge in [0.25, 0.3) is 0 Å². The van der Waals surface area contributed by atoms with Gasteiger partial charge in [-0.15, -0.1) is 18.1 Å². The van der Waals surface area contributed by atoms with Crippen molar-refractivity contribution in [3.05, 3.63) is 93.6 Å². The first-order valence-electron chi connectivity index (χ1n) is 16.3. The van der Waals surface area contributed by atoms with Crippen LogP contribution in [0.2, 0.25) is 0 Å². The van der Waals surface area contributed by atoms with Gasteiger partial charge in [-0.1, -0.05) is 83.6 Å². The maximum absolute atomic E-state index is 3.50. The van der Waals surface area contributed by atoms with E-state index in [4.69, 9.17) is 0 Å². The number of fused-ring (bicyclic) bond motifs is 5. The summed E-state index contributed by atoms with van der Waals surface area (Å²) >= 11 is 1.67. The molecule has 0 amide bonds. The molecule has 6 rings (SSSR count). The second-order valence-corrected chi connectivity index (χ2v) is 16.3. The van der Waals surface area contributed by atoms with Crippen molar-refractivity contribution in [2.24, 2.45) is 5.41 Å². The van der Waals surface area contributed by atoms with E-state index < -0.39 is 0 Å². The monoisotopic (exact) mass is 704 g/mol. The molecular formula is C41H52Cl2Zr-2. The summed E-state index contributed by atoms with van der Waals surface area (Å²) in [5, 5.41) is 0. The van der Waals surface area contributed by atoms with Crippen LogP contribution in [0, 0.1) is 17.6 Å². The van der Waals surface area contributed by atoms with E-state index in [1.807, 2.05) is 0 Å². The van der Waals surface area contributed by atoms with Gasteiger partial charge in [0.2, 0.25) is 0 Å². The molecular weight excluding hydrogens is 655 g/mol. The fourth-order valence-electron chi connectivity index (χ4n) is 6.23. The number of halogens is 2. The molecule has 2 aromatic rings. The first-order chi connectivity index (χ1) is 19.8. The Bertz CT molecular complexity index is 1350. The molecule has 236 valence electrons. The summed E-state index contributed by atoms with van der Waals surface area (Å²) < 4.78 is 1.79. The number of hydrogen-bond donors (Lipinski definition) is 0. The standard InChI is InChI=1S/C23H21.C9H13.C9H18.2ClH.Zr/c1-22(2)7-5-14-10-18-16(12-20(14)22)9-17-13-21-15(11-19(17)18)6-8-23(21,3)4;1-9(2,3)8-6-4-5-7-8;1-3-5-7-9-8-6-4-2;;;/h5-7,10-13H,9H2,1-4H3;6-7H,4H2,1-3H3;3-8H2,1-2H3;2*1H;/q2*-1;;;;+2/p-2. The molecule has 0 saturated heterocycles. The first-order valence-corrected chi connectivity index (χ1v) is 17.5. The van der Waals surface area contributed by atoms with E-state index >= 15 is 0 Å². The van der Waals surface area contributed by atoms with Crippen LogP contribution in [0.5, 0.6) is 0 Å². The topological polar surface area (TPSA) is 0 Å². The molecule has 0 nitrogen and oxygen atoms in total. The van der Waals surface area contributed by atoms with Gasteiger partial charge in [0.05, 0.1) is 0 Å². The summed E-state index contributed by atoms with van der Waals surface area (Å²) in [5.74, 6) is 0. The molecule has 4 aliphatic rings. The molecule has 0 fully saturated rings. The SMILES string of the molecule is CC(C)(C)C1=CC[C-]=C1.CC1(C)[C-]=Cc2cc3c(cc21)Cc1cc2c(cc1-3)C=CC2(C)C.CCCC[C](=[Zr+2])CCCC.[Cl-].[Cl-]. The van der Waals surface area contributed by atoms with E-state index in [0.29, 0.717) is 5.41 Å². The first kappa shape index (κ1) is 38.9. The summed E-state index contributed by atoms with van der Waals surface area (Å²) in [7, 11) is 0. The molecule has 0 aliphatic heterocycles. The third-order valence-electron chi connectivity index (χ3n) is 9.09. The summed E-state index contributed by atoms with van der Waals surface area (Å²) in [6, 6.07) is 9.66. The molecule has 0 atom stereocenters. The third-order valence-corrected chi connectivity index (χ3v) is 10.3. The Morgan fingerprint density at radius 2 is 1.39 bits per heavy atom. The Morgan fingerprint density at radius 3 is 1.89 bits per heavy atom.